The van der Waals surface area contributed by atoms with Crippen LogP contribution in [0.3, 0.4) is 0 Å². The van der Waals surface area contributed by atoms with Crippen LogP contribution in [-0.2, 0) is 0 Å². The summed E-state index contributed by atoms with van der Waals surface area (Å²) < 4.78 is 0. The molecule has 0 amide bonds. The van der Waals surface area contributed by atoms with Gasteiger partial charge in [0.2, 0.25) is 0 Å². The maximum Gasteiger partial charge on any atom is 0.174 e. The highest BCUT2D eigenvalue weighted by Crippen LogP contribution is 2.29. The molecule has 0 aliphatic carbocycles. The first kappa shape index (κ1) is 17.9. The normalized spacial score (nSPS) is 11.8. The second kappa shape index (κ2) is 8.43. The number of carbonyl (C=O) groups is 1. The zero-order chi connectivity index (χ0) is 18.4. The number of nitrogens with zero attached hydrogens (tertiary/aromatic N) is 2. The smallest absolute Gasteiger partial charge is 0.174 e. The maximum atomic E-state index is 13.3. The largest absolute Gasteiger partial charge is 0.372 e. The van der Waals surface area contributed by atoms with Crippen molar-refractivity contribution in [3.05, 3.63) is 95.8 Å². The van der Waals surface area contributed by atoms with Crippen LogP contribution in [-0.4, -0.2) is 23.9 Å². The summed E-state index contributed by atoms with van der Waals surface area (Å²) >= 11 is 0. The average molecular weight is 344 g/mol. The molecule has 132 valence electrons. The summed E-state index contributed by atoms with van der Waals surface area (Å²) in [5.41, 5.74) is 3.83. The van der Waals surface area contributed by atoms with Crippen molar-refractivity contribution in [2.75, 3.05) is 18.0 Å². The summed E-state index contributed by atoms with van der Waals surface area (Å²) in [5.74, 6) is -0.216. The second-order valence-corrected chi connectivity index (χ2v) is 6.21. The van der Waals surface area contributed by atoms with E-state index in [1.165, 1.54) is 0 Å². The van der Waals surface area contributed by atoms with E-state index in [1.54, 1.807) is 12.4 Å². The SMILES string of the molecule is CCN(CC)c1ccc(C(=O)C(c2ccccc2)c2ccncc2)cc1. The summed E-state index contributed by atoms with van der Waals surface area (Å²) in [5, 5.41) is 0. The minimum Gasteiger partial charge on any atom is -0.372 e. The highest BCUT2D eigenvalue weighted by Gasteiger charge is 2.24. The molecule has 1 heterocycles. The van der Waals surface area contributed by atoms with E-state index < -0.39 is 0 Å². The van der Waals surface area contributed by atoms with Crippen LogP contribution in [0.4, 0.5) is 5.69 Å². The van der Waals surface area contributed by atoms with Crippen molar-refractivity contribution in [2.45, 2.75) is 19.8 Å². The molecule has 3 aromatic rings. The van der Waals surface area contributed by atoms with Gasteiger partial charge < -0.3 is 4.90 Å². The standard InChI is InChI=1S/C23H24N2O/c1-3-25(4-2)21-12-10-20(11-13-21)23(26)22(18-8-6-5-7-9-18)19-14-16-24-17-15-19/h5-17,22H,3-4H2,1-2H3. The van der Waals surface area contributed by atoms with Gasteiger partial charge in [0.1, 0.15) is 0 Å². The van der Waals surface area contributed by atoms with E-state index in [4.69, 9.17) is 0 Å². The molecule has 3 nitrogen and oxygen atoms in total. The number of carbonyl (C=O) groups excluding carboxylic acids is 1. The highest BCUT2D eigenvalue weighted by molar-refractivity contribution is 6.03. The predicted octanol–water partition coefficient (Wildman–Crippen LogP) is 4.94. The van der Waals surface area contributed by atoms with Gasteiger partial charge in [-0.15, -0.1) is 0 Å². The summed E-state index contributed by atoms with van der Waals surface area (Å²) in [6.07, 6.45) is 3.48. The molecule has 0 N–H and O–H groups in total. The number of pyridine rings is 1. The van der Waals surface area contributed by atoms with Gasteiger partial charge in [-0.2, -0.15) is 0 Å². The summed E-state index contributed by atoms with van der Waals surface area (Å²) in [7, 11) is 0. The second-order valence-electron chi connectivity index (χ2n) is 6.21. The Morgan fingerprint density at radius 1 is 0.846 bits per heavy atom. The van der Waals surface area contributed by atoms with Crippen molar-refractivity contribution in [1.29, 1.82) is 0 Å². The topological polar surface area (TPSA) is 33.2 Å². The maximum absolute atomic E-state index is 13.3. The number of aromatic nitrogens is 1. The van der Waals surface area contributed by atoms with E-state index >= 15 is 0 Å². The Balaban J connectivity index is 1.96. The lowest BCUT2D eigenvalue weighted by molar-refractivity contribution is 0.0974. The minimum absolute atomic E-state index is 0.105. The third kappa shape index (κ3) is 3.83. The van der Waals surface area contributed by atoms with Gasteiger partial charge in [0.15, 0.2) is 5.78 Å². The van der Waals surface area contributed by atoms with Gasteiger partial charge in [0.25, 0.3) is 0 Å². The molecule has 1 atom stereocenters. The molecule has 0 aliphatic rings. The lowest BCUT2D eigenvalue weighted by Crippen LogP contribution is -2.22. The molecule has 1 unspecified atom stereocenters. The van der Waals surface area contributed by atoms with Crippen molar-refractivity contribution in [3.8, 4) is 0 Å². The molecular weight excluding hydrogens is 320 g/mol. The first-order valence-electron chi connectivity index (χ1n) is 9.08. The van der Waals surface area contributed by atoms with Gasteiger partial charge in [-0.05, 0) is 61.4 Å². The molecule has 0 saturated heterocycles. The fraction of sp³-hybridized carbons (Fsp3) is 0.217. The third-order valence-corrected chi connectivity index (χ3v) is 4.71. The Bertz CT molecular complexity index is 786. The van der Waals surface area contributed by atoms with Crippen molar-refractivity contribution >= 4 is 11.5 Å². The van der Waals surface area contributed by atoms with Crippen molar-refractivity contribution in [1.82, 2.24) is 4.98 Å². The van der Waals surface area contributed by atoms with Crippen LogP contribution < -0.4 is 4.90 Å². The summed E-state index contributed by atoms with van der Waals surface area (Å²) in [6.45, 7) is 6.18. The minimum atomic E-state index is -0.321. The lowest BCUT2D eigenvalue weighted by Gasteiger charge is -2.22. The van der Waals surface area contributed by atoms with Crippen molar-refractivity contribution in [2.24, 2.45) is 0 Å². The molecule has 3 rings (SSSR count). The molecular formula is C23H24N2O. The van der Waals surface area contributed by atoms with Gasteiger partial charge in [-0.1, -0.05) is 30.3 Å². The fourth-order valence-electron chi connectivity index (χ4n) is 3.29. The molecule has 0 fully saturated rings. The number of Topliss-reactive ketones (excluding diaryl/α,β-unsaturated/α-hetero) is 1. The van der Waals surface area contributed by atoms with E-state index in [0.29, 0.717) is 0 Å². The Morgan fingerprint density at radius 2 is 1.42 bits per heavy atom. The fourth-order valence-corrected chi connectivity index (χ4v) is 3.29. The summed E-state index contributed by atoms with van der Waals surface area (Å²) in [4.78, 5) is 19.7. The monoisotopic (exact) mass is 344 g/mol. The van der Waals surface area contributed by atoms with Gasteiger partial charge in [-0.25, -0.2) is 0 Å². The van der Waals surface area contributed by atoms with Crippen molar-refractivity contribution in [3.63, 3.8) is 0 Å². The Kier molecular flexibility index (Phi) is 5.80. The Hall–Kier alpha value is -2.94. The van der Waals surface area contributed by atoms with Crippen LogP contribution in [0, 0.1) is 0 Å². The number of hydrogen-bond donors (Lipinski definition) is 0. The number of hydrogen-bond acceptors (Lipinski definition) is 3. The summed E-state index contributed by atoms with van der Waals surface area (Å²) in [6, 6.07) is 21.7. The predicted molar refractivity (Wildman–Crippen MR) is 107 cm³/mol. The average Bonchev–Trinajstić information content (AvgIpc) is 2.71. The van der Waals surface area contributed by atoms with E-state index in [2.05, 4.69) is 23.7 Å². The van der Waals surface area contributed by atoms with Crippen LogP contribution in [0.25, 0.3) is 0 Å². The van der Waals surface area contributed by atoms with Gasteiger partial charge in [0, 0.05) is 36.7 Å². The van der Waals surface area contributed by atoms with E-state index in [1.807, 2.05) is 66.7 Å². The van der Waals surface area contributed by atoms with Gasteiger partial charge in [-0.3, -0.25) is 9.78 Å². The lowest BCUT2D eigenvalue weighted by atomic mass is 9.85. The molecule has 3 heteroatoms. The Morgan fingerprint density at radius 3 is 2.00 bits per heavy atom. The zero-order valence-electron chi connectivity index (χ0n) is 15.3. The first-order valence-corrected chi connectivity index (χ1v) is 9.08. The van der Waals surface area contributed by atoms with E-state index in [-0.39, 0.29) is 11.7 Å². The van der Waals surface area contributed by atoms with E-state index in [9.17, 15) is 4.79 Å². The molecule has 0 bridgehead atoms. The number of benzene rings is 2. The van der Waals surface area contributed by atoms with Crippen LogP contribution in [0.15, 0.2) is 79.1 Å². The first-order chi connectivity index (χ1) is 12.7. The van der Waals surface area contributed by atoms with Crippen LogP contribution in [0.1, 0.15) is 41.3 Å². The zero-order valence-corrected chi connectivity index (χ0v) is 15.3. The van der Waals surface area contributed by atoms with Crippen LogP contribution >= 0.6 is 0 Å². The molecule has 0 radical (unpaired) electrons. The Labute approximate surface area is 155 Å². The van der Waals surface area contributed by atoms with E-state index in [0.717, 1.165) is 35.5 Å². The van der Waals surface area contributed by atoms with Crippen molar-refractivity contribution < 1.29 is 4.79 Å². The molecule has 0 aliphatic heterocycles. The number of rotatable bonds is 7. The molecule has 2 aromatic carbocycles. The van der Waals surface area contributed by atoms with Gasteiger partial charge >= 0.3 is 0 Å². The molecule has 0 spiro atoms. The van der Waals surface area contributed by atoms with Crippen LogP contribution in [0.5, 0.6) is 0 Å². The quantitative estimate of drug-likeness (QED) is 0.569. The van der Waals surface area contributed by atoms with Crippen LogP contribution in [0.2, 0.25) is 0 Å². The highest BCUT2D eigenvalue weighted by atomic mass is 16.1. The molecule has 0 saturated carbocycles. The number of ketones is 1. The molecule has 26 heavy (non-hydrogen) atoms. The third-order valence-electron chi connectivity index (χ3n) is 4.71. The molecule has 1 aromatic heterocycles. The number of anilines is 1. The van der Waals surface area contributed by atoms with Gasteiger partial charge in [0.05, 0.1) is 5.92 Å².